The minimum Gasteiger partial charge on any atom is -0.358 e. The predicted molar refractivity (Wildman–Crippen MR) is 81.7 cm³/mol. The summed E-state index contributed by atoms with van der Waals surface area (Å²) < 4.78 is 0. The maximum Gasteiger partial charge on any atom is 0.169 e. The molecule has 2 aromatic rings. The summed E-state index contributed by atoms with van der Waals surface area (Å²) in [6.07, 6.45) is 0. The molecule has 2 rings (SSSR count). The van der Waals surface area contributed by atoms with Crippen molar-refractivity contribution < 1.29 is 0 Å². The highest BCUT2D eigenvalue weighted by Crippen LogP contribution is 2.10. The second-order valence-electron chi connectivity index (χ2n) is 4.08. The molecule has 0 amide bonds. The summed E-state index contributed by atoms with van der Waals surface area (Å²) in [6, 6.07) is 14.5. The van der Waals surface area contributed by atoms with Crippen molar-refractivity contribution in [3.63, 3.8) is 0 Å². The van der Waals surface area contributed by atoms with Crippen LogP contribution in [0.1, 0.15) is 10.4 Å². The van der Waals surface area contributed by atoms with Crippen LogP contribution >= 0.6 is 23.6 Å². The van der Waals surface area contributed by atoms with E-state index in [4.69, 9.17) is 12.2 Å². The topological polar surface area (TPSA) is 15.3 Å². The van der Waals surface area contributed by atoms with Crippen molar-refractivity contribution in [2.75, 3.05) is 7.05 Å². The lowest BCUT2D eigenvalue weighted by atomic mass is 10.2. The Morgan fingerprint density at radius 3 is 2.67 bits per heavy atom. The van der Waals surface area contributed by atoms with Crippen LogP contribution in [0.4, 0.5) is 0 Å². The third-order valence-corrected chi connectivity index (χ3v) is 3.92. The van der Waals surface area contributed by atoms with Gasteiger partial charge in [-0.3, -0.25) is 0 Å². The second kappa shape index (κ2) is 6.52. The van der Waals surface area contributed by atoms with Gasteiger partial charge in [0, 0.05) is 18.5 Å². The number of thiocarbonyl (C=S) groups is 1. The van der Waals surface area contributed by atoms with Crippen molar-refractivity contribution in [1.29, 1.82) is 0 Å². The van der Waals surface area contributed by atoms with Crippen LogP contribution in [0.5, 0.6) is 0 Å². The van der Waals surface area contributed by atoms with E-state index in [0.717, 1.165) is 18.2 Å². The molecule has 0 saturated heterocycles. The first-order valence-corrected chi connectivity index (χ1v) is 7.10. The summed E-state index contributed by atoms with van der Waals surface area (Å²) in [7, 11) is 2.01. The third-order valence-electron chi connectivity index (χ3n) is 2.61. The molecule has 4 heteroatoms. The molecule has 1 aromatic heterocycles. The fourth-order valence-electron chi connectivity index (χ4n) is 1.62. The van der Waals surface area contributed by atoms with E-state index in [2.05, 4.69) is 39.9 Å². The van der Waals surface area contributed by atoms with Crippen LogP contribution in [0.25, 0.3) is 0 Å². The first-order chi connectivity index (χ1) is 8.75. The lowest BCUT2D eigenvalue weighted by Gasteiger charge is -2.20. The summed E-state index contributed by atoms with van der Waals surface area (Å²) in [5.74, 6) is 0. The number of thiophene rings is 1. The van der Waals surface area contributed by atoms with Gasteiger partial charge in [0.1, 0.15) is 0 Å². The summed E-state index contributed by atoms with van der Waals surface area (Å²) >= 11 is 7.12. The molecule has 2 nitrogen and oxygen atoms in total. The second-order valence-corrected chi connectivity index (χ2v) is 5.50. The molecule has 0 aliphatic carbocycles. The van der Waals surface area contributed by atoms with Crippen LogP contribution in [0.3, 0.4) is 0 Å². The fourth-order valence-corrected chi connectivity index (χ4v) is 2.51. The minimum atomic E-state index is 0.772. The standard InChI is InChI=1S/C14H16N2S2/c1-16(11-13-8-5-9-18-13)14(17)15-10-12-6-3-2-4-7-12/h2-9H,10-11H2,1H3,(H,15,17). The average Bonchev–Trinajstić information content (AvgIpc) is 2.90. The number of rotatable bonds is 4. The molecule has 1 N–H and O–H groups in total. The smallest absolute Gasteiger partial charge is 0.169 e. The van der Waals surface area contributed by atoms with Gasteiger partial charge in [-0.2, -0.15) is 0 Å². The molecule has 0 fully saturated rings. The molecule has 0 saturated carbocycles. The lowest BCUT2D eigenvalue weighted by molar-refractivity contribution is 0.493. The van der Waals surface area contributed by atoms with Crippen molar-refractivity contribution >= 4 is 28.7 Å². The first-order valence-electron chi connectivity index (χ1n) is 5.81. The molecule has 0 atom stereocenters. The van der Waals surface area contributed by atoms with Crippen molar-refractivity contribution in [3.8, 4) is 0 Å². The Morgan fingerprint density at radius 2 is 2.00 bits per heavy atom. The highest BCUT2D eigenvalue weighted by molar-refractivity contribution is 7.80. The van der Waals surface area contributed by atoms with E-state index in [-0.39, 0.29) is 0 Å². The molecule has 0 bridgehead atoms. The van der Waals surface area contributed by atoms with E-state index < -0.39 is 0 Å². The van der Waals surface area contributed by atoms with Crippen molar-refractivity contribution in [2.24, 2.45) is 0 Å². The van der Waals surface area contributed by atoms with Gasteiger partial charge in [-0.15, -0.1) is 11.3 Å². The molecule has 0 aliphatic rings. The van der Waals surface area contributed by atoms with E-state index >= 15 is 0 Å². The minimum absolute atomic E-state index is 0.772. The zero-order valence-electron chi connectivity index (χ0n) is 10.3. The first kappa shape index (κ1) is 13.1. The Bertz CT molecular complexity index is 480. The number of nitrogens with zero attached hydrogens (tertiary/aromatic N) is 1. The highest BCUT2D eigenvalue weighted by Gasteiger charge is 2.05. The van der Waals surface area contributed by atoms with Crippen LogP contribution in [-0.4, -0.2) is 17.1 Å². The lowest BCUT2D eigenvalue weighted by Crippen LogP contribution is -2.35. The van der Waals surface area contributed by atoms with Crippen molar-refractivity contribution in [3.05, 3.63) is 58.3 Å². The van der Waals surface area contributed by atoms with Crippen LogP contribution in [0.15, 0.2) is 47.8 Å². The predicted octanol–water partition coefficient (Wildman–Crippen LogP) is 3.25. The van der Waals surface area contributed by atoms with E-state index in [1.54, 1.807) is 11.3 Å². The molecule has 0 radical (unpaired) electrons. The van der Waals surface area contributed by atoms with Crippen LogP contribution in [0, 0.1) is 0 Å². The van der Waals surface area contributed by atoms with E-state index in [9.17, 15) is 0 Å². The molecule has 1 aromatic carbocycles. The maximum absolute atomic E-state index is 5.37. The molecule has 0 aliphatic heterocycles. The monoisotopic (exact) mass is 276 g/mol. The van der Waals surface area contributed by atoms with Crippen LogP contribution in [-0.2, 0) is 13.1 Å². The maximum atomic E-state index is 5.37. The molecule has 0 spiro atoms. The highest BCUT2D eigenvalue weighted by atomic mass is 32.1. The molecular weight excluding hydrogens is 260 g/mol. The fraction of sp³-hybridized carbons (Fsp3) is 0.214. The number of benzene rings is 1. The van der Waals surface area contributed by atoms with Crippen LogP contribution in [0.2, 0.25) is 0 Å². The Hall–Kier alpha value is -1.39. The van der Waals surface area contributed by atoms with Crippen molar-refractivity contribution in [1.82, 2.24) is 10.2 Å². The van der Waals surface area contributed by atoms with E-state index in [0.29, 0.717) is 0 Å². The van der Waals surface area contributed by atoms with Gasteiger partial charge in [-0.05, 0) is 29.2 Å². The molecular formula is C14H16N2S2. The number of nitrogens with one attached hydrogen (secondary N) is 1. The summed E-state index contributed by atoms with van der Waals surface area (Å²) in [4.78, 5) is 3.38. The van der Waals surface area contributed by atoms with E-state index in [1.807, 2.05) is 25.2 Å². The van der Waals surface area contributed by atoms with E-state index in [1.165, 1.54) is 10.4 Å². The Balaban J connectivity index is 1.81. The number of hydrogen-bond donors (Lipinski definition) is 1. The third kappa shape index (κ3) is 3.82. The number of hydrogen-bond acceptors (Lipinski definition) is 2. The average molecular weight is 276 g/mol. The molecule has 18 heavy (non-hydrogen) atoms. The Morgan fingerprint density at radius 1 is 1.22 bits per heavy atom. The van der Waals surface area contributed by atoms with Gasteiger partial charge >= 0.3 is 0 Å². The van der Waals surface area contributed by atoms with Gasteiger partial charge in [0.15, 0.2) is 5.11 Å². The zero-order valence-corrected chi connectivity index (χ0v) is 11.9. The zero-order chi connectivity index (χ0) is 12.8. The Kier molecular flexibility index (Phi) is 4.73. The normalized spacial score (nSPS) is 10.1. The van der Waals surface area contributed by atoms with Gasteiger partial charge in [-0.25, -0.2) is 0 Å². The largest absolute Gasteiger partial charge is 0.358 e. The quantitative estimate of drug-likeness (QED) is 0.863. The van der Waals surface area contributed by atoms with Crippen LogP contribution < -0.4 is 5.32 Å². The summed E-state index contributed by atoms with van der Waals surface area (Å²) in [5, 5.41) is 6.14. The van der Waals surface area contributed by atoms with Crippen molar-refractivity contribution in [2.45, 2.75) is 13.1 Å². The van der Waals surface area contributed by atoms with Gasteiger partial charge in [0.05, 0.1) is 6.54 Å². The molecule has 1 heterocycles. The van der Waals surface area contributed by atoms with Gasteiger partial charge in [-0.1, -0.05) is 36.4 Å². The summed E-state index contributed by atoms with van der Waals surface area (Å²) in [6.45, 7) is 1.63. The van der Waals surface area contributed by atoms with Gasteiger partial charge in [0.2, 0.25) is 0 Å². The molecule has 0 unspecified atom stereocenters. The Labute approximate surface area is 117 Å². The van der Waals surface area contributed by atoms with Gasteiger partial charge < -0.3 is 10.2 Å². The molecule has 94 valence electrons. The summed E-state index contributed by atoms with van der Waals surface area (Å²) in [5.41, 5.74) is 1.24. The van der Waals surface area contributed by atoms with Gasteiger partial charge in [0.25, 0.3) is 0 Å². The SMILES string of the molecule is CN(Cc1cccs1)C(=S)NCc1ccccc1.